The SMILES string of the molecule is CCOC(=O)COc1ccc(/C=c2\sc3n(c2=O)[C@H](c2ccc(Cl)cc2)C(C(=O)OCC)=C(C(F)(F)F)N=3)cc1OC. The highest BCUT2D eigenvalue weighted by molar-refractivity contribution is 7.07. The van der Waals surface area contributed by atoms with Crippen LogP contribution in [0.4, 0.5) is 13.2 Å². The zero-order chi connectivity index (χ0) is 30.6. The number of thiazole rings is 1. The zero-order valence-electron chi connectivity index (χ0n) is 22.5. The lowest BCUT2D eigenvalue weighted by Gasteiger charge is -2.26. The van der Waals surface area contributed by atoms with Crippen molar-refractivity contribution in [2.45, 2.75) is 26.1 Å². The van der Waals surface area contributed by atoms with E-state index in [4.69, 9.17) is 30.5 Å². The van der Waals surface area contributed by atoms with Crippen molar-refractivity contribution in [3.8, 4) is 11.5 Å². The predicted octanol–water partition coefficient (Wildman–Crippen LogP) is 3.94. The smallest absolute Gasteiger partial charge is 0.434 e. The van der Waals surface area contributed by atoms with Crippen LogP contribution in [0.25, 0.3) is 6.08 Å². The van der Waals surface area contributed by atoms with E-state index in [1.54, 1.807) is 13.0 Å². The fraction of sp³-hybridized carbons (Fsp3) is 0.286. The Bertz CT molecular complexity index is 1710. The molecule has 4 rings (SSSR count). The Morgan fingerprint density at radius 1 is 1.07 bits per heavy atom. The van der Waals surface area contributed by atoms with Gasteiger partial charge < -0.3 is 18.9 Å². The molecule has 42 heavy (non-hydrogen) atoms. The zero-order valence-corrected chi connectivity index (χ0v) is 24.1. The number of allylic oxidation sites excluding steroid dienone is 1. The molecular weight excluding hydrogens is 601 g/mol. The van der Waals surface area contributed by atoms with Gasteiger partial charge in [-0.25, -0.2) is 14.6 Å². The van der Waals surface area contributed by atoms with Crippen molar-refractivity contribution in [2.24, 2.45) is 4.99 Å². The lowest BCUT2D eigenvalue weighted by molar-refractivity contribution is -0.145. The van der Waals surface area contributed by atoms with Crippen LogP contribution in [0, 0.1) is 0 Å². The molecule has 0 saturated heterocycles. The maximum atomic E-state index is 14.2. The molecule has 0 saturated carbocycles. The molecule has 14 heteroatoms. The summed E-state index contributed by atoms with van der Waals surface area (Å²) >= 11 is 6.72. The highest BCUT2D eigenvalue weighted by Crippen LogP contribution is 2.38. The molecule has 2 heterocycles. The van der Waals surface area contributed by atoms with Gasteiger partial charge in [-0.3, -0.25) is 9.36 Å². The van der Waals surface area contributed by atoms with E-state index in [0.29, 0.717) is 10.6 Å². The minimum absolute atomic E-state index is 0.0431. The number of halogens is 4. The van der Waals surface area contributed by atoms with Crippen molar-refractivity contribution in [1.29, 1.82) is 0 Å². The molecule has 0 aliphatic carbocycles. The first kappa shape index (κ1) is 30.8. The summed E-state index contributed by atoms with van der Waals surface area (Å²) in [5.41, 5.74) is -2.28. The average Bonchev–Trinajstić information content (AvgIpc) is 3.26. The number of ether oxygens (including phenoxy) is 4. The molecule has 3 aromatic rings. The number of benzene rings is 2. The lowest BCUT2D eigenvalue weighted by Crippen LogP contribution is -2.41. The molecule has 0 fully saturated rings. The molecule has 0 bridgehead atoms. The van der Waals surface area contributed by atoms with Crippen molar-refractivity contribution in [3.05, 3.63) is 89.6 Å². The van der Waals surface area contributed by atoms with E-state index >= 15 is 0 Å². The first-order chi connectivity index (χ1) is 20.0. The maximum Gasteiger partial charge on any atom is 0.434 e. The van der Waals surface area contributed by atoms with E-state index in [0.717, 1.165) is 15.9 Å². The van der Waals surface area contributed by atoms with E-state index in [1.165, 1.54) is 56.5 Å². The summed E-state index contributed by atoms with van der Waals surface area (Å²) in [5, 5.41) is 0.312. The third kappa shape index (κ3) is 6.52. The van der Waals surface area contributed by atoms with E-state index in [2.05, 4.69) is 4.99 Å². The van der Waals surface area contributed by atoms with E-state index in [9.17, 15) is 27.6 Å². The van der Waals surface area contributed by atoms with Crippen LogP contribution >= 0.6 is 22.9 Å². The van der Waals surface area contributed by atoms with Crippen LogP contribution in [-0.4, -0.2) is 49.6 Å². The molecule has 0 unspecified atom stereocenters. The molecule has 2 aromatic carbocycles. The Balaban J connectivity index is 1.87. The number of aromatic nitrogens is 1. The number of fused-ring (bicyclic) bond motifs is 1. The average molecular weight is 625 g/mol. The fourth-order valence-corrected chi connectivity index (χ4v) is 5.31. The number of alkyl halides is 3. The second kappa shape index (κ2) is 12.8. The lowest BCUT2D eigenvalue weighted by atomic mass is 9.95. The van der Waals surface area contributed by atoms with Crippen LogP contribution < -0.4 is 24.4 Å². The molecule has 0 N–H and O–H groups in total. The molecule has 1 atom stereocenters. The summed E-state index contributed by atoms with van der Waals surface area (Å²) in [6.07, 6.45) is -3.57. The van der Waals surface area contributed by atoms with Crippen LogP contribution in [0.5, 0.6) is 11.5 Å². The Labute approximate surface area is 246 Å². The van der Waals surface area contributed by atoms with E-state index < -0.39 is 41.0 Å². The second-order valence-corrected chi connectivity index (χ2v) is 10.1. The van der Waals surface area contributed by atoms with Crippen LogP contribution in [0.3, 0.4) is 0 Å². The molecule has 1 aliphatic heterocycles. The Kier molecular flexibility index (Phi) is 9.42. The van der Waals surface area contributed by atoms with Crippen molar-refractivity contribution >= 4 is 41.0 Å². The van der Waals surface area contributed by atoms with Gasteiger partial charge >= 0.3 is 18.1 Å². The van der Waals surface area contributed by atoms with Gasteiger partial charge in [-0.2, -0.15) is 13.2 Å². The molecular formula is C28H24ClF3N2O7S. The summed E-state index contributed by atoms with van der Waals surface area (Å²) in [6.45, 7) is 2.78. The van der Waals surface area contributed by atoms with Gasteiger partial charge in [-0.1, -0.05) is 41.1 Å². The summed E-state index contributed by atoms with van der Waals surface area (Å²) in [4.78, 5) is 41.7. The van der Waals surface area contributed by atoms with E-state index in [1.807, 2.05) is 0 Å². The molecule has 1 aliphatic rings. The van der Waals surface area contributed by atoms with Crippen molar-refractivity contribution in [1.82, 2.24) is 4.57 Å². The number of methoxy groups -OCH3 is 1. The number of hydrogen-bond donors (Lipinski definition) is 0. The standard InChI is InChI=1S/C28H24ClF3N2O7S/c1-4-39-21(35)14-41-18-11-6-15(12-19(18)38-3)13-20-25(36)34-23(16-7-9-17(29)10-8-16)22(26(37)40-5-2)24(28(30,31)32)33-27(34)42-20/h6-13,23H,4-5,14H2,1-3H3/b20-13-/t23-/m1/s1. The van der Waals surface area contributed by atoms with Gasteiger partial charge in [0.1, 0.15) is 0 Å². The molecule has 9 nitrogen and oxygen atoms in total. The van der Waals surface area contributed by atoms with Gasteiger partial charge in [0, 0.05) is 5.02 Å². The first-order valence-electron chi connectivity index (χ1n) is 12.5. The third-order valence-corrected chi connectivity index (χ3v) is 7.15. The quantitative estimate of drug-likeness (QED) is 0.332. The number of esters is 2. The minimum Gasteiger partial charge on any atom is -0.493 e. The number of carbonyl (C=O) groups excluding carboxylic acids is 2. The minimum atomic E-state index is -5.02. The molecule has 1 aromatic heterocycles. The molecule has 222 valence electrons. The first-order valence-corrected chi connectivity index (χ1v) is 13.7. The maximum absolute atomic E-state index is 14.2. The van der Waals surface area contributed by atoms with Crippen LogP contribution in [0.1, 0.15) is 31.0 Å². The number of carbonyl (C=O) groups is 2. The summed E-state index contributed by atoms with van der Waals surface area (Å²) < 4.78 is 64.4. The largest absolute Gasteiger partial charge is 0.493 e. The van der Waals surface area contributed by atoms with E-state index in [-0.39, 0.29) is 46.2 Å². The van der Waals surface area contributed by atoms with Gasteiger partial charge in [0.2, 0.25) is 0 Å². The monoisotopic (exact) mass is 624 g/mol. The Hall–Kier alpha value is -4.10. The topological polar surface area (TPSA) is 105 Å². The van der Waals surface area contributed by atoms with Gasteiger partial charge in [-0.15, -0.1) is 0 Å². The van der Waals surface area contributed by atoms with Crippen LogP contribution in [0.15, 0.2) is 63.5 Å². The molecule has 0 radical (unpaired) electrons. The van der Waals surface area contributed by atoms with Crippen LogP contribution in [0.2, 0.25) is 5.02 Å². The summed E-state index contributed by atoms with van der Waals surface area (Å²) in [5.74, 6) is -1.34. The highest BCUT2D eigenvalue weighted by Gasteiger charge is 2.45. The van der Waals surface area contributed by atoms with Crippen molar-refractivity contribution < 1.29 is 41.7 Å². The Morgan fingerprint density at radius 3 is 2.38 bits per heavy atom. The number of rotatable bonds is 9. The highest BCUT2D eigenvalue weighted by atomic mass is 35.5. The summed E-state index contributed by atoms with van der Waals surface area (Å²) in [7, 11) is 1.38. The predicted molar refractivity (Wildman–Crippen MR) is 147 cm³/mol. The third-order valence-electron chi connectivity index (χ3n) is 5.92. The second-order valence-electron chi connectivity index (χ2n) is 8.62. The van der Waals surface area contributed by atoms with Gasteiger partial charge in [0.15, 0.2) is 28.6 Å². The van der Waals surface area contributed by atoms with Gasteiger partial charge in [0.05, 0.1) is 36.5 Å². The Morgan fingerprint density at radius 2 is 1.76 bits per heavy atom. The van der Waals surface area contributed by atoms with Crippen molar-refractivity contribution in [3.63, 3.8) is 0 Å². The molecule has 0 spiro atoms. The van der Waals surface area contributed by atoms with Gasteiger partial charge in [0.25, 0.3) is 5.56 Å². The molecule has 0 amide bonds. The number of hydrogen-bond acceptors (Lipinski definition) is 9. The van der Waals surface area contributed by atoms with Crippen LogP contribution in [-0.2, 0) is 19.1 Å². The summed E-state index contributed by atoms with van der Waals surface area (Å²) in [6, 6.07) is 8.89. The van der Waals surface area contributed by atoms with Gasteiger partial charge in [-0.05, 0) is 55.3 Å². The normalized spacial score (nSPS) is 15.1. The number of nitrogens with zero attached hydrogens (tertiary/aromatic N) is 2. The fourth-order valence-electron chi connectivity index (χ4n) is 4.18. The van der Waals surface area contributed by atoms with Crippen molar-refractivity contribution in [2.75, 3.05) is 26.9 Å².